The van der Waals surface area contributed by atoms with E-state index in [1.165, 1.54) is 19.3 Å². The molecule has 6 nitrogen and oxygen atoms in total. The molecule has 4 saturated carbocycles. The highest BCUT2D eigenvalue weighted by molar-refractivity contribution is 7.89. The zero-order chi connectivity index (χ0) is 22.5. The number of amides is 2. The van der Waals surface area contributed by atoms with Crippen LogP contribution in [0.1, 0.15) is 56.9 Å². The van der Waals surface area contributed by atoms with E-state index in [9.17, 15) is 13.2 Å². The van der Waals surface area contributed by atoms with Crippen molar-refractivity contribution in [2.45, 2.75) is 68.7 Å². The first-order valence-electron chi connectivity index (χ1n) is 12.1. The van der Waals surface area contributed by atoms with Crippen molar-refractivity contribution in [1.29, 1.82) is 0 Å². The van der Waals surface area contributed by atoms with Gasteiger partial charge in [-0.2, -0.15) is 4.31 Å². The van der Waals surface area contributed by atoms with Crippen molar-refractivity contribution < 1.29 is 13.2 Å². The molecule has 0 unspecified atom stereocenters. The van der Waals surface area contributed by atoms with E-state index in [1.54, 1.807) is 29.4 Å². The molecular formula is C24H34ClN3O3S. The minimum Gasteiger partial charge on any atom is -0.338 e. The number of nitrogens with one attached hydrogen (secondary N) is 2. The van der Waals surface area contributed by atoms with Gasteiger partial charge in [0.2, 0.25) is 10.0 Å². The second kappa shape index (κ2) is 8.48. The fourth-order valence-corrected chi connectivity index (χ4v) is 9.09. The zero-order valence-electron chi connectivity index (χ0n) is 18.8. The highest BCUT2D eigenvalue weighted by Crippen LogP contribution is 2.55. The van der Waals surface area contributed by atoms with Crippen LogP contribution in [0.4, 0.5) is 4.79 Å². The van der Waals surface area contributed by atoms with Crippen molar-refractivity contribution in [3.63, 3.8) is 0 Å². The van der Waals surface area contributed by atoms with Crippen molar-refractivity contribution in [2.24, 2.45) is 23.7 Å². The molecular weight excluding hydrogens is 446 g/mol. The van der Waals surface area contributed by atoms with Crippen molar-refractivity contribution in [1.82, 2.24) is 14.9 Å². The minimum atomic E-state index is -3.55. The van der Waals surface area contributed by atoms with Crippen LogP contribution >= 0.6 is 11.6 Å². The molecule has 32 heavy (non-hydrogen) atoms. The van der Waals surface area contributed by atoms with Gasteiger partial charge in [0.15, 0.2) is 0 Å². The number of hydrogen-bond donors (Lipinski definition) is 2. The molecule has 1 aromatic rings. The summed E-state index contributed by atoms with van der Waals surface area (Å²) in [5, 5.41) is 6.92. The lowest BCUT2D eigenvalue weighted by Gasteiger charge is -2.56. The number of carbonyl (C=O) groups excluding carboxylic acids is 1. The van der Waals surface area contributed by atoms with E-state index in [-0.39, 0.29) is 16.5 Å². The molecule has 1 aliphatic heterocycles. The molecule has 1 saturated heterocycles. The summed E-state index contributed by atoms with van der Waals surface area (Å²) in [6.45, 7) is 3.28. The normalized spacial score (nSPS) is 32.8. The Balaban J connectivity index is 1.12. The van der Waals surface area contributed by atoms with Crippen LogP contribution in [0, 0.1) is 30.6 Å². The summed E-state index contributed by atoms with van der Waals surface area (Å²) in [6.07, 6.45) is 9.01. The summed E-state index contributed by atoms with van der Waals surface area (Å²) in [6, 6.07) is 4.97. The Kier molecular flexibility index (Phi) is 5.96. The monoisotopic (exact) mass is 479 g/mol. The molecule has 0 aromatic heterocycles. The van der Waals surface area contributed by atoms with Crippen LogP contribution < -0.4 is 10.6 Å². The summed E-state index contributed by atoms with van der Waals surface area (Å²) in [5.41, 5.74) is 0.616. The molecule has 2 N–H and O–H groups in total. The Labute approximate surface area is 196 Å². The van der Waals surface area contributed by atoms with Crippen molar-refractivity contribution in [3.8, 4) is 0 Å². The van der Waals surface area contributed by atoms with E-state index in [2.05, 4.69) is 10.6 Å². The molecule has 0 spiro atoms. The Morgan fingerprint density at radius 3 is 2.28 bits per heavy atom. The molecule has 6 rings (SSSR count). The third-order valence-electron chi connectivity index (χ3n) is 8.38. The molecule has 5 fully saturated rings. The number of sulfonamides is 1. The second-order valence-corrected chi connectivity index (χ2v) is 13.1. The van der Waals surface area contributed by atoms with E-state index < -0.39 is 10.0 Å². The number of halogens is 1. The number of rotatable bonds is 5. The minimum absolute atomic E-state index is 0.0189. The molecule has 1 aromatic carbocycles. The fourth-order valence-electron chi connectivity index (χ4n) is 7.15. The number of benzene rings is 1. The maximum atomic E-state index is 13.1. The molecule has 2 amide bonds. The first-order valence-corrected chi connectivity index (χ1v) is 13.9. The van der Waals surface area contributed by atoms with Gasteiger partial charge in [0.05, 0.1) is 4.90 Å². The van der Waals surface area contributed by atoms with Crippen molar-refractivity contribution >= 4 is 27.7 Å². The number of piperidine rings is 1. The summed E-state index contributed by atoms with van der Waals surface area (Å²) in [7, 11) is -3.55. The smallest absolute Gasteiger partial charge is 0.315 e. The Hall–Kier alpha value is -1.31. The Morgan fingerprint density at radius 2 is 1.69 bits per heavy atom. The Bertz CT molecular complexity index is 953. The van der Waals surface area contributed by atoms with E-state index in [0.29, 0.717) is 36.1 Å². The predicted molar refractivity (Wildman–Crippen MR) is 125 cm³/mol. The summed E-state index contributed by atoms with van der Waals surface area (Å²) >= 11 is 6.14. The van der Waals surface area contributed by atoms with Crippen molar-refractivity contribution in [3.05, 3.63) is 28.8 Å². The SMILES string of the molecule is Cc1c(Cl)cccc1S(=O)(=O)N1CCC(CNC(=O)NC23CC4CC(CC(C4)C2)C3)CC1. The van der Waals surface area contributed by atoms with Gasteiger partial charge in [-0.1, -0.05) is 17.7 Å². The summed E-state index contributed by atoms with van der Waals surface area (Å²) in [4.78, 5) is 13.0. The molecule has 176 valence electrons. The largest absolute Gasteiger partial charge is 0.338 e. The molecule has 1 heterocycles. The first kappa shape index (κ1) is 22.5. The van der Waals surface area contributed by atoms with Crippen LogP contribution in [-0.2, 0) is 10.0 Å². The van der Waals surface area contributed by atoms with Crippen LogP contribution in [0.3, 0.4) is 0 Å². The van der Waals surface area contributed by atoms with E-state index in [0.717, 1.165) is 49.9 Å². The first-order chi connectivity index (χ1) is 15.2. The number of hydrogen-bond acceptors (Lipinski definition) is 3. The third-order valence-corrected chi connectivity index (χ3v) is 10.8. The lowest BCUT2D eigenvalue weighted by atomic mass is 9.53. The standard InChI is InChI=1S/C24H34ClN3O3S/c1-16-21(25)3-2-4-22(16)32(30,31)28-7-5-17(6-8-28)15-26-23(29)27-24-12-18-9-19(13-24)11-20(10-18)14-24/h2-4,17-20H,5-15H2,1H3,(H2,26,27,29). The van der Waals surface area contributed by atoms with Crippen LogP contribution in [0.2, 0.25) is 5.02 Å². The average molecular weight is 480 g/mol. The number of nitrogens with zero attached hydrogens (tertiary/aromatic N) is 1. The van der Waals surface area contributed by atoms with Gasteiger partial charge in [0, 0.05) is 30.2 Å². The highest BCUT2D eigenvalue weighted by Gasteiger charge is 2.51. The summed E-state index contributed by atoms with van der Waals surface area (Å²) < 4.78 is 27.7. The van der Waals surface area contributed by atoms with Gasteiger partial charge >= 0.3 is 6.03 Å². The summed E-state index contributed by atoms with van der Waals surface area (Å²) in [5.74, 6) is 2.70. The van der Waals surface area contributed by atoms with Gasteiger partial charge < -0.3 is 10.6 Å². The maximum Gasteiger partial charge on any atom is 0.315 e. The average Bonchev–Trinajstić information content (AvgIpc) is 2.73. The van der Waals surface area contributed by atoms with Crippen molar-refractivity contribution in [2.75, 3.05) is 19.6 Å². The van der Waals surface area contributed by atoms with Crippen LogP contribution in [0.5, 0.6) is 0 Å². The quantitative estimate of drug-likeness (QED) is 0.660. The maximum absolute atomic E-state index is 13.1. The Morgan fingerprint density at radius 1 is 1.09 bits per heavy atom. The van der Waals surface area contributed by atoms with Gasteiger partial charge in [0.1, 0.15) is 0 Å². The molecule has 0 radical (unpaired) electrons. The molecule has 0 atom stereocenters. The van der Waals surface area contributed by atoms with Gasteiger partial charge in [-0.3, -0.25) is 0 Å². The molecule has 5 aliphatic rings. The van der Waals surface area contributed by atoms with Crippen LogP contribution in [0.15, 0.2) is 23.1 Å². The molecule has 4 aliphatic carbocycles. The lowest BCUT2D eigenvalue weighted by Crippen LogP contribution is -2.61. The van der Waals surface area contributed by atoms with Crippen LogP contribution in [-0.4, -0.2) is 43.9 Å². The van der Waals surface area contributed by atoms with E-state index in [4.69, 9.17) is 11.6 Å². The van der Waals surface area contributed by atoms with Gasteiger partial charge in [-0.15, -0.1) is 0 Å². The zero-order valence-corrected chi connectivity index (χ0v) is 20.4. The van der Waals surface area contributed by atoms with Gasteiger partial charge in [-0.25, -0.2) is 13.2 Å². The van der Waals surface area contributed by atoms with Gasteiger partial charge in [-0.05, 0) is 99.7 Å². The molecule has 4 bridgehead atoms. The second-order valence-electron chi connectivity index (χ2n) is 10.7. The van der Waals surface area contributed by atoms with Gasteiger partial charge in [0.25, 0.3) is 0 Å². The molecule has 8 heteroatoms. The third kappa shape index (κ3) is 4.28. The van der Waals surface area contributed by atoms with E-state index >= 15 is 0 Å². The van der Waals surface area contributed by atoms with E-state index in [1.807, 2.05) is 0 Å². The fraction of sp³-hybridized carbons (Fsp3) is 0.708. The number of urea groups is 1. The topological polar surface area (TPSA) is 78.5 Å². The number of carbonyl (C=O) groups is 1. The highest BCUT2D eigenvalue weighted by atomic mass is 35.5. The van der Waals surface area contributed by atoms with Crippen LogP contribution in [0.25, 0.3) is 0 Å². The predicted octanol–water partition coefficient (Wildman–Crippen LogP) is 4.32. The lowest BCUT2D eigenvalue weighted by molar-refractivity contribution is -0.0135.